The van der Waals surface area contributed by atoms with Gasteiger partial charge in [0, 0.05) is 0 Å². The minimum Gasteiger partial charge on any atom is -0.295 e. The van der Waals surface area contributed by atoms with Gasteiger partial charge >= 0.3 is 0 Å². The number of ketones is 1. The van der Waals surface area contributed by atoms with Crippen LogP contribution in [0.3, 0.4) is 0 Å². The van der Waals surface area contributed by atoms with Gasteiger partial charge in [0.15, 0.2) is 5.78 Å². The van der Waals surface area contributed by atoms with Gasteiger partial charge in [-0.2, -0.15) is 0 Å². The first-order valence-corrected chi connectivity index (χ1v) is 9.07. The quantitative estimate of drug-likeness (QED) is 0.382. The molecule has 1 heteroatoms. The molecule has 0 atom stereocenters. The molecule has 1 nitrogen and oxygen atoms in total. The number of benzene rings is 2. The number of unbranched alkanes of at least 4 members (excludes halogenated alkanes) is 4. The van der Waals surface area contributed by atoms with Crippen LogP contribution in [0.4, 0.5) is 0 Å². The molecular formula is C23H28O. The second kappa shape index (κ2) is 9.87. The van der Waals surface area contributed by atoms with E-state index in [2.05, 4.69) is 55.5 Å². The predicted octanol–water partition coefficient (Wildman–Crippen LogP) is 6.47. The van der Waals surface area contributed by atoms with Crippen LogP contribution in [0.2, 0.25) is 0 Å². The maximum Gasteiger partial charge on any atom is 0.152 e. The van der Waals surface area contributed by atoms with Gasteiger partial charge in [0.25, 0.3) is 0 Å². The normalized spacial score (nSPS) is 11.1. The summed E-state index contributed by atoms with van der Waals surface area (Å²) < 4.78 is 0. The number of rotatable bonds is 9. The molecule has 2 aromatic rings. The van der Waals surface area contributed by atoms with E-state index in [0.717, 1.165) is 5.56 Å². The summed E-state index contributed by atoms with van der Waals surface area (Å²) in [7, 11) is 0. The molecule has 0 radical (unpaired) electrons. The average Bonchev–Trinajstić information content (AvgIpc) is 2.61. The van der Waals surface area contributed by atoms with Gasteiger partial charge < -0.3 is 0 Å². The molecule has 126 valence electrons. The summed E-state index contributed by atoms with van der Waals surface area (Å²) >= 11 is 0. The molecular weight excluding hydrogens is 292 g/mol. The van der Waals surface area contributed by atoms with Crippen molar-refractivity contribution in [2.75, 3.05) is 0 Å². The summed E-state index contributed by atoms with van der Waals surface area (Å²) in [4.78, 5) is 11.0. The molecule has 0 heterocycles. The van der Waals surface area contributed by atoms with Crippen molar-refractivity contribution in [1.29, 1.82) is 0 Å². The van der Waals surface area contributed by atoms with Crippen LogP contribution < -0.4 is 0 Å². The summed E-state index contributed by atoms with van der Waals surface area (Å²) in [5.41, 5.74) is 4.94. The predicted molar refractivity (Wildman–Crippen MR) is 104 cm³/mol. The van der Waals surface area contributed by atoms with Gasteiger partial charge in [0.2, 0.25) is 0 Å². The third-order valence-electron chi connectivity index (χ3n) is 4.28. The Bertz CT molecular complexity index is 647. The Morgan fingerprint density at radius 1 is 0.833 bits per heavy atom. The lowest BCUT2D eigenvalue weighted by Gasteiger charge is -2.05. The van der Waals surface area contributed by atoms with E-state index >= 15 is 0 Å². The van der Waals surface area contributed by atoms with Crippen LogP contribution in [0, 0.1) is 0 Å². The SMILES string of the molecule is CCCCCCCc1ccc(-c2ccc(/C=C/C(C)=O)cc2)cc1. The van der Waals surface area contributed by atoms with Crippen molar-refractivity contribution in [3.8, 4) is 11.1 Å². The van der Waals surface area contributed by atoms with Gasteiger partial charge in [-0.1, -0.05) is 87.2 Å². The zero-order chi connectivity index (χ0) is 17.2. The molecule has 0 saturated heterocycles. The van der Waals surface area contributed by atoms with E-state index in [1.807, 2.05) is 6.08 Å². The van der Waals surface area contributed by atoms with Gasteiger partial charge in [-0.25, -0.2) is 0 Å². The zero-order valence-electron chi connectivity index (χ0n) is 14.9. The van der Waals surface area contributed by atoms with E-state index < -0.39 is 0 Å². The van der Waals surface area contributed by atoms with Crippen molar-refractivity contribution in [2.24, 2.45) is 0 Å². The van der Waals surface area contributed by atoms with Crippen LogP contribution in [0.1, 0.15) is 57.1 Å². The summed E-state index contributed by atoms with van der Waals surface area (Å²) in [6, 6.07) is 17.2. The molecule has 0 aliphatic carbocycles. The Labute approximate surface area is 146 Å². The van der Waals surface area contributed by atoms with E-state index in [4.69, 9.17) is 0 Å². The second-order valence-corrected chi connectivity index (χ2v) is 6.43. The van der Waals surface area contributed by atoms with Crippen molar-refractivity contribution >= 4 is 11.9 Å². The molecule has 0 saturated carbocycles. The minimum atomic E-state index is 0.0735. The van der Waals surface area contributed by atoms with E-state index in [1.54, 1.807) is 13.0 Å². The Balaban J connectivity index is 1.91. The molecule has 24 heavy (non-hydrogen) atoms. The topological polar surface area (TPSA) is 17.1 Å². The fourth-order valence-corrected chi connectivity index (χ4v) is 2.80. The number of hydrogen-bond donors (Lipinski definition) is 0. The molecule has 0 unspecified atom stereocenters. The minimum absolute atomic E-state index is 0.0735. The molecule has 0 spiro atoms. The van der Waals surface area contributed by atoms with Crippen molar-refractivity contribution < 1.29 is 4.79 Å². The Morgan fingerprint density at radius 2 is 1.42 bits per heavy atom. The Hall–Kier alpha value is -2.15. The number of allylic oxidation sites excluding steroid dienone is 1. The Morgan fingerprint density at radius 3 is 2.00 bits per heavy atom. The van der Waals surface area contributed by atoms with Crippen molar-refractivity contribution in [3.05, 3.63) is 65.7 Å². The number of aryl methyl sites for hydroxylation is 1. The second-order valence-electron chi connectivity index (χ2n) is 6.43. The Kier molecular flexibility index (Phi) is 7.48. The van der Waals surface area contributed by atoms with Crippen molar-refractivity contribution in [1.82, 2.24) is 0 Å². The van der Waals surface area contributed by atoms with Gasteiger partial charge in [-0.3, -0.25) is 4.79 Å². The molecule has 0 aliphatic heterocycles. The summed E-state index contributed by atoms with van der Waals surface area (Å²) in [5.74, 6) is 0.0735. The van der Waals surface area contributed by atoms with E-state index in [9.17, 15) is 4.79 Å². The largest absolute Gasteiger partial charge is 0.295 e. The molecule has 0 aliphatic rings. The van der Waals surface area contributed by atoms with Crippen molar-refractivity contribution in [2.45, 2.75) is 52.4 Å². The van der Waals surface area contributed by atoms with Gasteiger partial charge in [-0.05, 0) is 48.1 Å². The van der Waals surface area contributed by atoms with Crippen LogP contribution in [0.25, 0.3) is 17.2 Å². The van der Waals surface area contributed by atoms with Gasteiger partial charge in [0.1, 0.15) is 0 Å². The number of hydrogen-bond acceptors (Lipinski definition) is 1. The average molecular weight is 320 g/mol. The molecule has 0 amide bonds. The monoisotopic (exact) mass is 320 g/mol. The lowest BCUT2D eigenvalue weighted by Crippen LogP contribution is -1.87. The van der Waals surface area contributed by atoms with E-state index in [0.29, 0.717) is 0 Å². The van der Waals surface area contributed by atoms with Crippen LogP contribution in [0.5, 0.6) is 0 Å². The lowest BCUT2D eigenvalue weighted by atomic mass is 10.00. The first kappa shape index (κ1) is 18.2. The highest BCUT2D eigenvalue weighted by atomic mass is 16.1. The summed E-state index contributed by atoms with van der Waals surface area (Å²) in [6.07, 6.45) is 11.3. The fraction of sp³-hybridized carbons (Fsp3) is 0.348. The third kappa shape index (κ3) is 6.16. The van der Waals surface area contributed by atoms with Crippen LogP contribution in [-0.4, -0.2) is 5.78 Å². The summed E-state index contributed by atoms with van der Waals surface area (Å²) in [5, 5.41) is 0. The highest BCUT2D eigenvalue weighted by molar-refractivity contribution is 5.91. The maximum absolute atomic E-state index is 11.0. The molecule has 0 fully saturated rings. The highest BCUT2D eigenvalue weighted by Gasteiger charge is 1.99. The van der Waals surface area contributed by atoms with Crippen LogP contribution in [0.15, 0.2) is 54.6 Å². The highest BCUT2D eigenvalue weighted by Crippen LogP contribution is 2.21. The number of carbonyl (C=O) groups excluding carboxylic acids is 1. The standard InChI is InChI=1S/C23H28O/c1-3-4-5-6-7-8-20-11-15-22(16-12-20)23-17-13-21(14-18-23)10-9-19(2)24/h9-18H,3-8H2,1-2H3/b10-9+. The molecule has 0 N–H and O–H groups in total. The lowest BCUT2D eigenvalue weighted by molar-refractivity contribution is -0.112. The van der Waals surface area contributed by atoms with Gasteiger partial charge in [0.05, 0.1) is 0 Å². The van der Waals surface area contributed by atoms with Crippen LogP contribution >= 0.6 is 0 Å². The zero-order valence-corrected chi connectivity index (χ0v) is 14.9. The molecule has 0 aromatic heterocycles. The smallest absolute Gasteiger partial charge is 0.152 e. The van der Waals surface area contributed by atoms with E-state index in [1.165, 1.54) is 55.2 Å². The van der Waals surface area contributed by atoms with Crippen molar-refractivity contribution in [3.63, 3.8) is 0 Å². The maximum atomic E-state index is 11.0. The first-order valence-electron chi connectivity index (χ1n) is 9.07. The van der Waals surface area contributed by atoms with Crippen LogP contribution in [-0.2, 0) is 11.2 Å². The first-order chi connectivity index (χ1) is 11.7. The summed E-state index contributed by atoms with van der Waals surface area (Å²) in [6.45, 7) is 3.82. The molecule has 2 aromatic carbocycles. The third-order valence-corrected chi connectivity index (χ3v) is 4.28. The molecule has 0 bridgehead atoms. The molecule has 2 rings (SSSR count). The van der Waals surface area contributed by atoms with Gasteiger partial charge in [-0.15, -0.1) is 0 Å². The number of carbonyl (C=O) groups is 1. The van der Waals surface area contributed by atoms with E-state index in [-0.39, 0.29) is 5.78 Å². The fourth-order valence-electron chi connectivity index (χ4n) is 2.80.